The maximum atomic E-state index is 12.7. The van der Waals surface area contributed by atoms with Gasteiger partial charge in [-0.25, -0.2) is 0 Å². The zero-order valence-corrected chi connectivity index (χ0v) is 15.1. The second kappa shape index (κ2) is 6.87. The molecule has 1 saturated carbocycles. The third kappa shape index (κ3) is 3.51. The molecule has 0 bridgehead atoms. The van der Waals surface area contributed by atoms with E-state index in [1.165, 1.54) is 10.4 Å². The van der Waals surface area contributed by atoms with Crippen molar-refractivity contribution in [1.29, 1.82) is 0 Å². The Morgan fingerprint density at radius 3 is 2.54 bits per heavy atom. The van der Waals surface area contributed by atoms with E-state index >= 15 is 0 Å². The van der Waals surface area contributed by atoms with Crippen molar-refractivity contribution in [2.75, 3.05) is 26.2 Å². The van der Waals surface area contributed by atoms with E-state index < -0.39 is 0 Å². The molecule has 1 saturated heterocycles. The second-order valence-electron chi connectivity index (χ2n) is 6.68. The number of carbonyl (C=O) groups excluding carboxylic acids is 1. The molecule has 1 aliphatic heterocycles. The first-order valence-corrected chi connectivity index (χ1v) is 9.75. The number of halogens is 1. The second-order valence-corrected chi connectivity index (χ2v) is 8.15. The lowest BCUT2D eigenvalue weighted by Crippen LogP contribution is -2.48. The molecule has 0 spiro atoms. The van der Waals surface area contributed by atoms with Crippen LogP contribution < -0.4 is 0 Å². The highest BCUT2D eigenvalue weighted by Crippen LogP contribution is 2.48. The average Bonchev–Trinajstić information content (AvgIpc) is 3.24. The Labute approximate surface area is 151 Å². The molecular formula is C19H21ClN2OS. The van der Waals surface area contributed by atoms with Gasteiger partial charge in [-0.15, -0.1) is 11.3 Å². The molecule has 126 valence electrons. The van der Waals surface area contributed by atoms with Crippen molar-refractivity contribution in [2.24, 2.45) is 5.92 Å². The van der Waals surface area contributed by atoms with Gasteiger partial charge in [-0.1, -0.05) is 29.8 Å². The maximum absolute atomic E-state index is 12.7. The molecule has 2 atom stereocenters. The topological polar surface area (TPSA) is 23.6 Å². The fourth-order valence-corrected chi connectivity index (χ4v) is 4.40. The van der Waals surface area contributed by atoms with E-state index in [0.29, 0.717) is 11.8 Å². The fraction of sp³-hybridized carbons (Fsp3) is 0.421. The van der Waals surface area contributed by atoms with Gasteiger partial charge in [-0.2, -0.15) is 0 Å². The van der Waals surface area contributed by atoms with Crippen LogP contribution in [-0.4, -0.2) is 41.9 Å². The number of amides is 1. The quantitative estimate of drug-likeness (QED) is 0.826. The lowest BCUT2D eigenvalue weighted by atomic mass is 10.1. The SMILES string of the molecule is O=C([C@H]1C[C@H]1c1ccc(Cl)cc1)N1CCN(Cc2cccs2)CC1. The summed E-state index contributed by atoms with van der Waals surface area (Å²) >= 11 is 7.75. The van der Waals surface area contributed by atoms with E-state index in [9.17, 15) is 4.79 Å². The summed E-state index contributed by atoms with van der Waals surface area (Å²) in [4.78, 5) is 18.6. The lowest BCUT2D eigenvalue weighted by molar-refractivity contribution is -0.134. The van der Waals surface area contributed by atoms with Gasteiger partial charge in [0.15, 0.2) is 0 Å². The number of rotatable bonds is 4. The molecule has 5 heteroatoms. The van der Waals surface area contributed by atoms with E-state index in [4.69, 9.17) is 11.6 Å². The summed E-state index contributed by atoms with van der Waals surface area (Å²) in [7, 11) is 0. The molecule has 1 aromatic heterocycles. The Hall–Kier alpha value is -1.36. The van der Waals surface area contributed by atoms with Crippen molar-refractivity contribution in [3.05, 3.63) is 57.2 Å². The maximum Gasteiger partial charge on any atom is 0.226 e. The van der Waals surface area contributed by atoms with Crippen molar-refractivity contribution in [3.63, 3.8) is 0 Å². The molecule has 1 aliphatic carbocycles. The number of carbonyl (C=O) groups is 1. The van der Waals surface area contributed by atoms with Gasteiger partial charge in [0.2, 0.25) is 5.91 Å². The van der Waals surface area contributed by atoms with Crippen LogP contribution in [0.25, 0.3) is 0 Å². The number of hydrogen-bond donors (Lipinski definition) is 0. The number of nitrogens with zero attached hydrogens (tertiary/aromatic N) is 2. The van der Waals surface area contributed by atoms with Gasteiger partial charge in [-0.3, -0.25) is 9.69 Å². The molecule has 2 aliphatic rings. The van der Waals surface area contributed by atoms with Crippen LogP contribution in [0.3, 0.4) is 0 Å². The molecule has 1 amide bonds. The molecule has 0 unspecified atom stereocenters. The van der Waals surface area contributed by atoms with Crippen molar-refractivity contribution in [1.82, 2.24) is 9.80 Å². The Bertz CT molecular complexity index is 693. The van der Waals surface area contributed by atoms with Gasteiger partial charge in [0.1, 0.15) is 0 Å². The molecule has 2 fully saturated rings. The molecular weight excluding hydrogens is 340 g/mol. The fourth-order valence-electron chi connectivity index (χ4n) is 3.53. The molecule has 2 heterocycles. The Morgan fingerprint density at radius 1 is 1.12 bits per heavy atom. The Balaban J connectivity index is 1.28. The summed E-state index contributed by atoms with van der Waals surface area (Å²) < 4.78 is 0. The summed E-state index contributed by atoms with van der Waals surface area (Å²) in [5.74, 6) is 0.902. The van der Waals surface area contributed by atoms with E-state index in [1.54, 1.807) is 11.3 Å². The molecule has 0 radical (unpaired) electrons. The summed E-state index contributed by atoms with van der Waals surface area (Å²) in [5.41, 5.74) is 1.24. The monoisotopic (exact) mass is 360 g/mol. The van der Waals surface area contributed by atoms with Crippen molar-refractivity contribution >= 4 is 28.8 Å². The third-order valence-corrected chi connectivity index (χ3v) is 6.16. The highest BCUT2D eigenvalue weighted by molar-refractivity contribution is 7.09. The zero-order valence-electron chi connectivity index (χ0n) is 13.5. The first-order valence-electron chi connectivity index (χ1n) is 8.50. The molecule has 3 nitrogen and oxygen atoms in total. The third-order valence-electron chi connectivity index (χ3n) is 5.05. The summed E-state index contributed by atoms with van der Waals surface area (Å²) in [6, 6.07) is 12.2. The van der Waals surface area contributed by atoms with Crippen molar-refractivity contribution in [2.45, 2.75) is 18.9 Å². The number of thiophene rings is 1. The zero-order chi connectivity index (χ0) is 16.5. The number of hydrogen-bond acceptors (Lipinski definition) is 3. The first-order chi connectivity index (χ1) is 11.7. The van der Waals surface area contributed by atoms with Crippen molar-refractivity contribution < 1.29 is 4.79 Å². The number of benzene rings is 1. The molecule has 2 aromatic rings. The normalized spacial score (nSPS) is 24.1. The van der Waals surface area contributed by atoms with Gasteiger partial charge < -0.3 is 4.90 Å². The van der Waals surface area contributed by atoms with Gasteiger partial charge in [0.25, 0.3) is 0 Å². The van der Waals surface area contributed by atoms with Crippen LogP contribution in [0.5, 0.6) is 0 Å². The standard InChI is InChI=1S/C19H21ClN2OS/c20-15-5-3-14(4-6-15)17-12-18(17)19(23)22-9-7-21(8-10-22)13-16-2-1-11-24-16/h1-6,11,17-18H,7-10,12-13H2/t17-,18-/m0/s1. The predicted molar refractivity (Wildman–Crippen MR) is 98.5 cm³/mol. The molecule has 4 rings (SSSR count). The number of piperazine rings is 1. The molecule has 1 aromatic carbocycles. The van der Waals surface area contributed by atoms with Gasteiger partial charge >= 0.3 is 0 Å². The van der Waals surface area contributed by atoms with Crippen LogP contribution in [0, 0.1) is 5.92 Å². The van der Waals surface area contributed by atoms with E-state index in [1.807, 2.05) is 12.1 Å². The lowest BCUT2D eigenvalue weighted by Gasteiger charge is -2.34. The van der Waals surface area contributed by atoms with Crippen LogP contribution in [0.1, 0.15) is 22.8 Å². The summed E-state index contributed by atoms with van der Waals surface area (Å²) in [6.07, 6.45) is 0.982. The van der Waals surface area contributed by atoms with Crippen LogP contribution in [-0.2, 0) is 11.3 Å². The van der Waals surface area contributed by atoms with Crippen molar-refractivity contribution in [3.8, 4) is 0 Å². The minimum Gasteiger partial charge on any atom is -0.340 e. The van der Waals surface area contributed by atoms with Crippen LogP contribution in [0.15, 0.2) is 41.8 Å². The Morgan fingerprint density at radius 2 is 1.88 bits per heavy atom. The molecule has 0 N–H and O–H groups in total. The molecule has 24 heavy (non-hydrogen) atoms. The van der Waals surface area contributed by atoms with E-state index in [-0.39, 0.29) is 5.92 Å². The van der Waals surface area contributed by atoms with E-state index in [0.717, 1.165) is 44.2 Å². The minimum atomic E-state index is 0.176. The van der Waals surface area contributed by atoms with E-state index in [2.05, 4.69) is 39.4 Å². The van der Waals surface area contributed by atoms with Gasteiger partial charge in [-0.05, 0) is 41.5 Å². The minimum absolute atomic E-state index is 0.176. The summed E-state index contributed by atoms with van der Waals surface area (Å²) in [5, 5.41) is 2.88. The average molecular weight is 361 g/mol. The highest BCUT2D eigenvalue weighted by Gasteiger charge is 2.46. The largest absolute Gasteiger partial charge is 0.340 e. The van der Waals surface area contributed by atoms with Gasteiger partial charge in [0.05, 0.1) is 0 Å². The first kappa shape index (κ1) is 16.1. The predicted octanol–water partition coefficient (Wildman–Crippen LogP) is 3.85. The summed E-state index contributed by atoms with van der Waals surface area (Å²) in [6.45, 7) is 4.67. The van der Waals surface area contributed by atoms with Crippen LogP contribution in [0.2, 0.25) is 5.02 Å². The Kier molecular flexibility index (Phi) is 4.61. The van der Waals surface area contributed by atoms with Crippen LogP contribution >= 0.6 is 22.9 Å². The highest BCUT2D eigenvalue weighted by atomic mass is 35.5. The smallest absolute Gasteiger partial charge is 0.226 e. The van der Waals surface area contributed by atoms with Gasteiger partial charge in [0, 0.05) is 48.5 Å². The van der Waals surface area contributed by atoms with Crippen LogP contribution in [0.4, 0.5) is 0 Å².